The highest BCUT2D eigenvalue weighted by Crippen LogP contribution is 2.19. The van der Waals surface area contributed by atoms with E-state index in [-0.39, 0.29) is 0 Å². The molecule has 0 radical (unpaired) electrons. The summed E-state index contributed by atoms with van der Waals surface area (Å²) in [5.74, 6) is 0.655. The smallest absolute Gasteiger partial charge is 0.0104 e. The molecule has 0 saturated carbocycles. The predicted molar refractivity (Wildman–Crippen MR) is 80.1 cm³/mol. The van der Waals surface area contributed by atoms with E-state index in [0.717, 1.165) is 26.2 Å². The molecule has 0 aliphatic rings. The van der Waals surface area contributed by atoms with Crippen molar-refractivity contribution >= 4 is 0 Å². The minimum Gasteiger partial charge on any atom is -0.315 e. The maximum absolute atomic E-state index is 3.46. The number of likely N-dealkylation sites (N-methyl/N-ethyl adjacent to an activating group) is 1. The molecule has 0 aliphatic heterocycles. The average molecular weight is 248 g/mol. The Labute approximate surface area is 112 Å². The summed E-state index contributed by atoms with van der Waals surface area (Å²) in [7, 11) is 2.22. The molecular weight excluding hydrogens is 220 g/mol. The van der Waals surface area contributed by atoms with E-state index in [1.165, 1.54) is 18.4 Å². The van der Waals surface area contributed by atoms with Gasteiger partial charge in [0.25, 0.3) is 0 Å². The number of benzene rings is 1. The average Bonchev–Trinajstić information content (AvgIpc) is 2.42. The Hall–Kier alpha value is -0.860. The van der Waals surface area contributed by atoms with Gasteiger partial charge in [-0.2, -0.15) is 0 Å². The molecule has 0 amide bonds. The van der Waals surface area contributed by atoms with Crippen LogP contribution in [-0.2, 0) is 0 Å². The summed E-state index contributed by atoms with van der Waals surface area (Å²) in [6, 6.07) is 10.9. The van der Waals surface area contributed by atoms with Gasteiger partial charge in [0, 0.05) is 19.6 Å². The highest BCUT2D eigenvalue weighted by atomic mass is 15.1. The van der Waals surface area contributed by atoms with Crippen LogP contribution in [0, 0.1) is 0 Å². The molecule has 2 heteroatoms. The number of nitrogens with zero attached hydrogens (tertiary/aromatic N) is 1. The zero-order valence-corrected chi connectivity index (χ0v) is 12.2. The molecule has 2 nitrogen and oxygen atoms in total. The highest BCUT2D eigenvalue weighted by Gasteiger charge is 2.11. The van der Waals surface area contributed by atoms with Crippen LogP contribution in [0.15, 0.2) is 30.3 Å². The molecule has 0 spiro atoms. The quantitative estimate of drug-likeness (QED) is 0.676. The third kappa shape index (κ3) is 5.65. The minimum absolute atomic E-state index is 0.655. The first-order valence-corrected chi connectivity index (χ1v) is 7.22. The maximum atomic E-state index is 3.46. The van der Waals surface area contributed by atoms with Gasteiger partial charge in [-0.15, -0.1) is 0 Å². The van der Waals surface area contributed by atoms with Crippen molar-refractivity contribution < 1.29 is 0 Å². The van der Waals surface area contributed by atoms with Crippen molar-refractivity contribution in [3.63, 3.8) is 0 Å². The molecule has 0 fully saturated rings. The summed E-state index contributed by atoms with van der Waals surface area (Å²) in [5.41, 5.74) is 1.47. The summed E-state index contributed by atoms with van der Waals surface area (Å²) in [4.78, 5) is 2.43. The van der Waals surface area contributed by atoms with E-state index >= 15 is 0 Å². The largest absolute Gasteiger partial charge is 0.315 e. The van der Waals surface area contributed by atoms with E-state index in [2.05, 4.69) is 61.4 Å². The van der Waals surface area contributed by atoms with Crippen LogP contribution >= 0.6 is 0 Å². The lowest BCUT2D eigenvalue weighted by atomic mass is 9.96. The van der Waals surface area contributed by atoms with Crippen molar-refractivity contribution in [1.82, 2.24) is 10.2 Å². The van der Waals surface area contributed by atoms with Gasteiger partial charge in [0.05, 0.1) is 0 Å². The zero-order chi connectivity index (χ0) is 13.2. The fourth-order valence-electron chi connectivity index (χ4n) is 2.23. The zero-order valence-electron chi connectivity index (χ0n) is 12.2. The van der Waals surface area contributed by atoms with E-state index in [4.69, 9.17) is 0 Å². The highest BCUT2D eigenvalue weighted by molar-refractivity contribution is 5.19. The van der Waals surface area contributed by atoms with Crippen molar-refractivity contribution in [2.45, 2.75) is 32.6 Å². The summed E-state index contributed by atoms with van der Waals surface area (Å²) in [6.45, 7) is 8.98. The number of hydrogen-bond donors (Lipinski definition) is 1. The monoisotopic (exact) mass is 248 g/mol. The van der Waals surface area contributed by atoms with Crippen LogP contribution < -0.4 is 5.32 Å². The topological polar surface area (TPSA) is 15.3 Å². The molecule has 0 saturated heterocycles. The van der Waals surface area contributed by atoms with Crippen molar-refractivity contribution in [3.8, 4) is 0 Å². The van der Waals surface area contributed by atoms with Gasteiger partial charge >= 0.3 is 0 Å². The number of hydrogen-bond acceptors (Lipinski definition) is 2. The van der Waals surface area contributed by atoms with Gasteiger partial charge in [-0.25, -0.2) is 0 Å². The Morgan fingerprint density at radius 2 is 1.83 bits per heavy atom. The molecule has 0 bridgehead atoms. The van der Waals surface area contributed by atoms with Gasteiger partial charge < -0.3 is 10.2 Å². The summed E-state index contributed by atoms with van der Waals surface area (Å²) in [5, 5.41) is 3.46. The molecule has 0 heterocycles. The van der Waals surface area contributed by atoms with E-state index < -0.39 is 0 Å². The van der Waals surface area contributed by atoms with Gasteiger partial charge in [-0.3, -0.25) is 0 Å². The van der Waals surface area contributed by atoms with E-state index in [1.807, 2.05) is 0 Å². The van der Waals surface area contributed by atoms with Crippen LogP contribution in [0.5, 0.6) is 0 Å². The molecule has 0 aliphatic carbocycles. The molecule has 1 atom stereocenters. The Morgan fingerprint density at radius 3 is 2.44 bits per heavy atom. The van der Waals surface area contributed by atoms with Gasteiger partial charge in [0.1, 0.15) is 0 Å². The minimum atomic E-state index is 0.655. The Kier molecular flexibility index (Phi) is 7.70. The fraction of sp³-hybridized carbons (Fsp3) is 0.625. The van der Waals surface area contributed by atoms with E-state index in [9.17, 15) is 0 Å². The Balaban J connectivity index is 2.34. The Morgan fingerprint density at radius 1 is 1.11 bits per heavy atom. The summed E-state index contributed by atoms with van der Waals surface area (Å²) >= 11 is 0. The van der Waals surface area contributed by atoms with Crippen LogP contribution in [-0.4, -0.2) is 38.1 Å². The fourth-order valence-corrected chi connectivity index (χ4v) is 2.23. The molecule has 1 aromatic rings. The van der Waals surface area contributed by atoms with Gasteiger partial charge in [0.15, 0.2) is 0 Å². The van der Waals surface area contributed by atoms with Crippen molar-refractivity contribution in [2.24, 2.45) is 0 Å². The van der Waals surface area contributed by atoms with Crippen LogP contribution in [0.2, 0.25) is 0 Å². The van der Waals surface area contributed by atoms with Crippen LogP contribution in [0.3, 0.4) is 0 Å². The molecule has 102 valence electrons. The lowest BCUT2D eigenvalue weighted by molar-refractivity contribution is 0.306. The first-order valence-electron chi connectivity index (χ1n) is 7.22. The van der Waals surface area contributed by atoms with Crippen LogP contribution in [0.1, 0.15) is 38.2 Å². The molecule has 1 unspecified atom stereocenters. The molecule has 1 rings (SSSR count). The SMILES string of the molecule is CCCNCCN(C)CC(CC)c1ccccc1. The molecule has 1 aromatic carbocycles. The van der Waals surface area contributed by atoms with E-state index in [0.29, 0.717) is 5.92 Å². The standard InChI is InChI=1S/C16H28N2/c1-4-11-17-12-13-18(3)14-15(5-2)16-9-7-6-8-10-16/h6-10,15,17H,4-5,11-14H2,1-3H3. The molecule has 0 aromatic heterocycles. The normalized spacial score (nSPS) is 12.9. The summed E-state index contributed by atoms with van der Waals surface area (Å²) < 4.78 is 0. The second-order valence-electron chi connectivity index (χ2n) is 5.03. The number of rotatable bonds is 9. The van der Waals surface area contributed by atoms with Crippen molar-refractivity contribution in [3.05, 3.63) is 35.9 Å². The second-order valence-corrected chi connectivity index (χ2v) is 5.03. The van der Waals surface area contributed by atoms with Crippen LogP contribution in [0.4, 0.5) is 0 Å². The van der Waals surface area contributed by atoms with Gasteiger partial charge in [0.2, 0.25) is 0 Å². The second kappa shape index (κ2) is 9.12. The van der Waals surface area contributed by atoms with E-state index in [1.54, 1.807) is 0 Å². The lowest BCUT2D eigenvalue weighted by Gasteiger charge is -2.23. The third-order valence-corrected chi connectivity index (χ3v) is 3.39. The molecule has 18 heavy (non-hydrogen) atoms. The third-order valence-electron chi connectivity index (χ3n) is 3.39. The predicted octanol–water partition coefficient (Wildman–Crippen LogP) is 3.11. The number of nitrogens with one attached hydrogen (secondary N) is 1. The summed E-state index contributed by atoms with van der Waals surface area (Å²) in [6.07, 6.45) is 2.42. The Bertz CT molecular complexity index is 297. The molecule has 1 N–H and O–H groups in total. The van der Waals surface area contributed by atoms with Crippen molar-refractivity contribution in [1.29, 1.82) is 0 Å². The van der Waals surface area contributed by atoms with Gasteiger partial charge in [-0.05, 0) is 37.9 Å². The van der Waals surface area contributed by atoms with Gasteiger partial charge in [-0.1, -0.05) is 44.2 Å². The maximum Gasteiger partial charge on any atom is 0.0104 e. The first kappa shape index (κ1) is 15.2. The van der Waals surface area contributed by atoms with Crippen LogP contribution in [0.25, 0.3) is 0 Å². The first-order chi connectivity index (χ1) is 8.77. The van der Waals surface area contributed by atoms with Crippen molar-refractivity contribution in [2.75, 3.05) is 33.2 Å². The molecular formula is C16H28N2. The lowest BCUT2D eigenvalue weighted by Crippen LogP contribution is -2.32.